The fourth-order valence-corrected chi connectivity index (χ4v) is 3.98. The lowest BCUT2D eigenvalue weighted by Gasteiger charge is -2.30. The van der Waals surface area contributed by atoms with Crippen molar-refractivity contribution in [1.82, 2.24) is 0 Å². The molecule has 0 heterocycles. The van der Waals surface area contributed by atoms with Crippen LogP contribution in [0.2, 0.25) is 0 Å². The number of para-hydroxylation sites is 1. The van der Waals surface area contributed by atoms with Crippen LogP contribution in [0.3, 0.4) is 0 Å². The molecule has 1 atom stereocenters. The molecular formula is C19H24N2O4S. The Morgan fingerprint density at radius 2 is 1.85 bits per heavy atom. The topological polar surface area (TPSA) is 75.7 Å². The van der Waals surface area contributed by atoms with Gasteiger partial charge < -0.3 is 10.1 Å². The van der Waals surface area contributed by atoms with Crippen molar-refractivity contribution in [3.05, 3.63) is 60.2 Å². The van der Waals surface area contributed by atoms with Gasteiger partial charge in [0, 0.05) is 12.8 Å². The number of nitrogens with one attached hydrogen (secondary N) is 1. The molecule has 7 heteroatoms. The van der Waals surface area contributed by atoms with Crippen LogP contribution >= 0.6 is 0 Å². The monoisotopic (exact) mass is 376 g/mol. The summed E-state index contributed by atoms with van der Waals surface area (Å²) in [5.41, 5.74) is 1.98. The Kier molecular flexibility index (Phi) is 6.76. The predicted octanol–water partition coefficient (Wildman–Crippen LogP) is 3.02. The van der Waals surface area contributed by atoms with E-state index in [-0.39, 0.29) is 5.91 Å². The molecule has 0 saturated heterocycles. The van der Waals surface area contributed by atoms with E-state index in [4.69, 9.17) is 4.74 Å². The summed E-state index contributed by atoms with van der Waals surface area (Å²) in [6.07, 6.45) is 1.45. The molecule has 26 heavy (non-hydrogen) atoms. The molecule has 6 nitrogen and oxygen atoms in total. The van der Waals surface area contributed by atoms with Gasteiger partial charge in [-0.1, -0.05) is 37.3 Å². The number of hydrogen-bond donors (Lipinski definition) is 1. The highest BCUT2D eigenvalue weighted by Gasteiger charge is 2.31. The second-order valence-electron chi connectivity index (χ2n) is 5.94. The average molecular weight is 376 g/mol. The van der Waals surface area contributed by atoms with Crippen LogP contribution in [-0.4, -0.2) is 33.7 Å². The van der Waals surface area contributed by atoms with Gasteiger partial charge in [0.05, 0.1) is 18.6 Å². The molecule has 0 saturated carbocycles. The van der Waals surface area contributed by atoms with Gasteiger partial charge in [-0.3, -0.25) is 9.10 Å². The number of sulfonamides is 1. The predicted molar refractivity (Wildman–Crippen MR) is 104 cm³/mol. The van der Waals surface area contributed by atoms with Crippen molar-refractivity contribution in [1.29, 1.82) is 0 Å². The first kappa shape index (κ1) is 19.9. The van der Waals surface area contributed by atoms with Gasteiger partial charge in [0.25, 0.3) is 0 Å². The van der Waals surface area contributed by atoms with Crippen molar-refractivity contribution in [2.75, 3.05) is 23.0 Å². The van der Waals surface area contributed by atoms with Crippen molar-refractivity contribution in [3.8, 4) is 0 Å². The van der Waals surface area contributed by atoms with Gasteiger partial charge >= 0.3 is 0 Å². The van der Waals surface area contributed by atoms with Gasteiger partial charge in [0.2, 0.25) is 15.9 Å². The Labute approximate surface area is 154 Å². The van der Waals surface area contributed by atoms with Crippen LogP contribution in [0.1, 0.15) is 18.9 Å². The highest BCUT2D eigenvalue weighted by molar-refractivity contribution is 7.92. The first-order valence-electron chi connectivity index (χ1n) is 8.30. The number of amides is 1. The Morgan fingerprint density at radius 1 is 1.15 bits per heavy atom. The van der Waals surface area contributed by atoms with Crippen molar-refractivity contribution in [2.24, 2.45) is 0 Å². The lowest BCUT2D eigenvalue weighted by atomic mass is 10.1. The molecule has 0 aliphatic rings. The highest BCUT2D eigenvalue weighted by atomic mass is 32.2. The third kappa shape index (κ3) is 5.06. The minimum absolute atomic E-state index is 0.339. The number of carbonyl (C=O) groups is 1. The summed E-state index contributed by atoms with van der Waals surface area (Å²) in [4.78, 5) is 12.8. The molecule has 0 spiro atoms. The largest absolute Gasteiger partial charge is 0.380 e. The summed E-state index contributed by atoms with van der Waals surface area (Å²) >= 11 is 0. The summed E-state index contributed by atoms with van der Waals surface area (Å²) in [5.74, 6) is -0.378. The van der Waals surface area contributed by atoms with Crippen LogP contribution in [0.15, 0.2) is 54.6 Å². The molecule has 0 fully saturated rings. The van der Waals surface area contributed by atoms with Gasteiger partial charge in [0.1, 0.15) is 6.04 Å². The number of rotatable bonds is 8. The molecule has 2 aromatic carbocycles. The third-order valence-corrected chi connectivity index (χ3v) is 5.03. The maximum atomic E-state index is 12.8. The molecule has 0 aromatic heterocycles. The van der Waals surface area contributed by atoms with Crippen LogP contribution < -0.4 is 9.62 Å². The number of methoxy groups -OCH3 is 1. The Bertz CT molecular complexity index is 838. The van der Waals surface area contributed by atoms with Gasteiger partial charge in [-0.2, -0.15) is 0 Å². The van der Waals surface area contributed by atoms with E-state index in [0.29, 0.717) is 24.4 Å². The minimum atomic E-state index is -3.63. The van der Waals surface area contributed by atoms with Gasteiger partial charge in [-0.25, -0.2) is 8.42 Å². The zero-order valence-corrected chi connectivity index (χ0v) is 16.0. The van der Waals surface area contributed by atoms with Crippen LogP contribution in [-0.2, 0) is 26.2 Å². The molecular weight excluding hydrogens is 352 g/mol. The molecule has 140 valence electrons. The molecule has 1 amide bonds. The van der Waals surface area contributed by atoms with Crippen molar-refractivity contribution >= 4 is 27.3 Å². The molecule has 0 aliphatic carbocycles. The number of nitrogens with zero attached hydrogens (tertiary/aromatic N) is 1. The lowest BCUT2D eigenvalue weighted by Crippen LogP contribution is -2.46. The Hall–Kier alpha value is -2.38. The lowest BCUT2D eigenvalue weighted by molar-refractivity contribution is -0.117. The standard InChI is InChI=1S/C19H24N2O4S/c1-4-18(21(26(3,23)24)17-11-6-5-7-12-17)19(22)20-16-10-8-9-15(13-16)14-25-2/h5-13,18H,4,14H2,1-3H3,(H,20,22). The molecule has 1 N–H and O–H groups in total. The fourth-order valence-electron chi connectivity index (χ4n) is 2.77. The quantitative estimate of drug-likeness (QED) is 0.768. The first-order valence-corrected chi connectivity index (χ1v) is 10.1. The van der Waals surface area contributed by atoms with E-state index in [0.717, 1.165) is 11.8 Å². The summed E-state index contributed by atoms with van der Waals surface area (Å²) in [5, 5.41) is 2.81. The zero-order chi connectivity index (χ0) is 19.2. The second kappa shape index (κ2) is 8.82. The van der Waals surface area contributed by atoms with Crippen LogP contribution in [0.4, 0.5) is 11.4 Å². The maximum Gasteiger partial charge on any atom is 0.248 e. The summed E-state index contributed by atoms with van der Waals surface area (Å²) in [6.45, 7) is 2.22. The molecule has 0 aliphatic heterocycles. The van der Waals surface area contributed by atoms with Crippen molar-refractivity contribution in [3.63, 3.8) is 0 Å². The average Bonchev–Trinajstić information content (AvgIpc) is 2.59. The van der Waals surface area contributed by atoms with Gasteiger partial charge in [0.15, 0.2) is 0 Å². The SMILES string of the molecule is CCC(C(=O)Nc1cccc(COC)c1)N(c1ccccc1)S(C)(=O)=O. The Balaban J connectivity index is 2.30. The molecule has 2 aromatic rings. The normalized spacial score (nSPS) is 12.4. The Morgan fingerprint density at radius 3 is 2.42 bits per heavy atom. The van der Waals surface area contributed by atoms with Crippen molar-refractivity contribution in [2.45, 2.75) is 26.0 Å². The summed E-state index contributed by atoms with van der Waals surface area (Å²) < 4.78 is 31.0. The van der Waals surface area contributed by atoms with Gasteiger partial charge in [-0.15, -0.1) is 0 Å². The molecule has 1 unspecified atom stereocenters. The first-order chi connectivity index (χ1) is 12.4. The number of ether oxygens (including phenoxy) is 1. The number of carbonyl (C=O) groups excluding carboxylic acids is 1. The third-order valence-electron chi connectivity index (χ3n) is 3.85. The summed E-state index contributed by atoms with van der Waals surface area (Å²) in [7, 11) is -2.03. The highest BCUT2D eigenvalue weighted by Crippen LogP contribution is 2.23. The number of hydrogen-bond acceptors (Lipinski definition) is 4. The van der Waals surface area contributed by atoms with E-state index < -0.39 is 16.1 Å². The van der Waals surface area contributed by atoms with Gasteiger partial charge in [-0.05, 0) is 36.2 Å². The van der Waals surface area contributed by atoms with Crippen LogP contribution in [0.25, 0.3) is 0 Å². The van der Waals surface area contributed by atoms with E-state index in [1.807, 2.05) is 12.1 Å². The second-order valence-corrected chi connectivity index (χ2v) is 7.80. The van der Waals surface area contributed by atoms with Crippen LogP contribution in [0.5, 0.6) is 0 Å². The maximum absolute atomic E-state index is 12.8. The van der Waals surface area contributed by atoms with E-state index in [9.17, 15) is 13.2 Å². The molecule has 0 bridgehead atoms. The van der Waals surface area contributed by atoms with E-state index in [1.54, 1.807) is 56.5 Å². The number of anilines is 2. The van der Waals surface area contributed by atoms with E-state index in [2.05, 4.69) is 5.32 Å². The minimum Gasteiger partial charge on any atom is -0.380 e. The van der Waals surface area contributed by atoms with Crippen molar-refractivity contribution < 1.29 is 17.9 Å². The number of benzene rings is 2. The summed E-state index contributed by atoms with van der Waals surface area (Å²) in [6, 6.07) is 15.1. The zero-order valence-electron chi connectivity index (χ0n) is 15.2. The fraction of sp³-hybridized carbons (Fsp3) is 0.316. The van der Waals surface area contributed by atoms with E-state index >= 15 is 0 Å². The molecule has 2 rings (SSSR count). The van der Waals surface area contributed by atoms with E-state index in [1.165, 1.54) is 4.31 Å². The smallest absolute Gasteiger partial charge is 0.248 e. The van der Waals surface area contributed by atoms with Crippen LogP contribution in [0, 0.1) is 0 Å². The molecule has 0 radical (unpaired) electrons.